The van der Waals surface area contributed by atoms with E-state index >= 15 is 0 Å². The van der Waals surface area contributed by atoms with E-state index in [1.54, 1.807) is 0 Å². The quantitative estimate of drug-likeness (QED) is 0.454. The molecule has 0 fully saturated rings. The van der Waals surface area contributed by atoms with Gasteiger partial charge in [0.1, 0.15) is 0 Å². The van der Waals surface area contributed by atoms with E-state index in [-0.39, 0.29) is 0 Å². The van der Waals surface area contributed by atoms with E-state index in [0.29, 0.717) is 5.88 Å². The van der Waals surface area contributed by atoms with Crippen LogP contribution in [0.3, 0.4) is 0 Å². The molecule has 3 heteroatoms. The normalized spacial score (nSPS) is 14.8. The smallest absolute Gasteiger partial charge is 0.197 e. The molecule has 1 aromatic carbocycles. The van der Waals surface area contributed by atoms with Gasteiger partial charge in [0.15, 0.2) is 5.88 Å². The van der Waals surface area contributed by atoms with Gasteiger partial charge in [-0.2, -0.15) is 0 Å². The van der Waals surface area contributed by atoms with E-state index in [9.17, 15) is 0 Å². The third-order valence-corrected chi connectivity index (χ3v) is 2.80. The van der Waals surface area contributed by atoms with Crippen LogP contribution in [-0.4, -0.2) is 11.4 Å². The van der Waals surface area contributed by atoms with Crippen LogP contribution in [-0.2, 0) is 17.1 Å². The minimum atomic E-state index is 0.628. The van der Waals surface area contributed by atoms with Crippen molar-refractivity contribution in [3.05, 3.63) is 47.9 Å². The fourth-order valence-corrected chi connectivity index (χ4v) is 1.88. The molecule has 0 N–H and O–H groups in total. The summed E-state index contributed by atoms with van der Waals surface area (Å²) in [5, 5.41) is 0. The monoisotopic (exact) mass is 207 g/mol. The summed E-state index contributed by atoms with van der Waals surface area (Å²) in [4.78, 5) is 2.09. The Morgan fingerprint density at radius 1 is 1.36 bits per heavy atom. The lowest BCUT2D eigenvalue weighted by molar-refractivity contribution is 0.224. The molecule has 0 aromatic heterocycles. The Balaban J connectivity index is 2.17. The summed E-state index contributed by atoms with van der Waals surface area (Å²) in [6.45, 7) is 5.62. The Morgan fingerprint density at radius 3 is 2.79 bits per heavy atom. The Hall–Kier alpha value is -1.09. The molecule has 1 aliphatic heterocycles. The summed E-state index contributed by atoms with van der Waals surface area (Å²) in [6.07, 6.45) is 1.05. The second-order valence-corrected chi connectivity index (χ2v) is 3.61. The van der Waals surface area contributed by atoms with Gasteiger partial charge in [-0.05, 0) is 24.1 Å². The molecular weight excluding hydrogens is 194 g/mol. The Labute approximate surface area is 89.8 Å². The summed E-state index contributed by atoms with van der Waals surface area (Å²) in [6, 6.07) is 8.47. The van der Waals surface area contributed by atoms with Crippen LogP contribution in [0.25, 0.3) is 0 Å². The molecule has 1 heterocycles. The Morgan fingerprint density at radius 2 is 2.07 bits per heavy atom. The first-order chi connectivity index (χ1) is 6.81. The number of rotatable bonds is 2. The number of hydrogen-bond acceptors (Lipinski definition) is 3. The summed E-state index contributed by atoms with van der Waals surface area (Å²) in [7, 11) is 0. The number of fused-ring (bicyclic) bond motifs is 1. The van der Waals surface area contributed by atoms with Crippen LogP contribution in [0.15, 0.2) is 36.7 Å². The topological polar surface area (TPSA) is 12.5 Å². The molecule has 0 amide bonds. The van der Waals surface area contributed by atoms with Gasteiger partial charge in [0.2, 0.25) is 0 Å². The van der Waals surface area contributed by atoms with Crippen LogP contribution in [0.1, 0.15) is 11.1 Å². The number of hydrogen-bond donors (Lipinski definition) is 1. The van der Waals surface area contributed by atoms with Crippen molar-refractivity contribution in [2.45, 2.75) is 13.0 Å². The van der Waals surface area contributed by atoms with E-state index in [2.05, 4.69) is 48.7 Å². The fraction of sp³-hybridized carbons (Fsp3) is 0.273. The lowest BCUT2D eigenvalue weighted by atomic mass is 10.0. The average molecular weight is 207 g/mol. The average Bonchev–Trinajstić information content (AvgIpc) is 2.27. The van der Waals surface area contributed by atoms with Gasteiger partial charge < -0.3 is 9.08 Å². The van der Waals surface area contributed by atoms with Crippen LogP contribution in [0, 0.1) is 0 Å². The fourth-order valence-electron chi connectivity index (χ4n) is 1.77. The second-order valence-electron chi connectivity index (χ2n) is 3.43. The predicted molar refractivity (Wildman–Crippen MR) is 59.8 cm³/mol. The van der Waals surface area contributed by atoms with Crippen molar-refractivity contribution in [1.29, 1.82) is 0 Å². The molecule has 0 spiro atoms. The lowest BCUT2D eigenvalue weighted by Gasteiger charge is -2.30. The highest BCUT2D eigenvalue weighted by Crippen LogP contribution is 2.21. The van der Waals surface area contributed by atoms with Crippen LogP contribution < -0.4 is 0 Å². The minimum Gasteiger partial charge on any atom is -0.412 e. The zero-order valence-electron chi connectivity index (χ0n) is 7.94. The molecule has 74 valence electrons. The molecular formula is C11H13NOS. The van der Waals surface area contributed by atoms with Gasteiger partial charge in [-0.15, -0.1) is 0 Å². The largest absolute Gasteiger partial charge is 0.412 e. The van der Waals surface area contributed by atoms with E-state index in [1.165, 1.54) is 11.1 Å². The van der Waals surface area contributed by atoms with Crippen molar-refractivity contribution in [3.8, 4) is 0 Å². The van der Waals surface area contributed by atoms with Gasteiger partial charge in [0.05, 0.1) is 0 Å². The van der Waals surface area contributed by atoms with Gasteiger partial charge in [-0.25, -0.2) is 0 Å². The summed E-state index contributed by atoms with van der Waals surface area (Å²) >= 11 is 3.75. The van der Waals surface area contributed by atoms with E-state index in [0.717, 1.165) is 19.5 Å². The third kappa shape index (κ3) is 1.73. The predicted octanol–water partition coefficient (Wildman–Crippen LogP) is 2.38. The molecule has 14 heavy (non-hydrogen) atoms. The van der Waals surface area contributed by atoms with Gasteiger partial charge in [-0.1, -0.05) is 24.3 Å². The zero-order chi connectivity index (χ0) is 9.97. The van der Waals surface area contributed by atoms with E-state index in [1.807, 2.05) is 0 Å². The van der Waals surface area contributed by atoms with E-state index in [4.69, 9.17) is 4.18 Å². The summed E-state index contributed by atoms with van der Waals surface area (Å²) in [5.41, 5.74) is 2.78. The first kappa shape index (κ1) is 9.46. The molecule has 2 rings (SSSR count). The molecule has 0 saturated carbocycles. The molecule has 0 saturated heterocycles. The lowest BCUT2D eigenvalue weighted by Crippen LogP contribution is -2.29. The van der Waals surface area contributed by atoms with Crippen LogP contribution >= 0.6 is 12.9 Å². The van der Waals surface area contributed by atoms with Gasteiger partial charge >= 0.3 is 0 Å². The molecule has 0 aliphatic carbocycles. The molecule has 0 bridgehead atoms. The molecule has 0 atom stereocenters. The number of thiol groups is 1. The molecule has 0 radical (unpaired) electrons. The van der Waals surface area contributed by atoms with Gasteiger partial charge in [0.25, 0.3) is 0 Å². The highest BCUT2D eigenvalue weighted by Gasteiger charge is 2.16. The molecule has 1 aromatic rings. The van der Waals surface area contributed by atoms with Gasteiger partial charge in [0, 0.05) is 26.0 Å². The third-order valence-electron chi connectivity index (χ3n) is 2.59. The van der Waals surface area contributed by atoms with Crippen LogP contribution in [0.5, 0.6) is 0 Å². The maximum absolute atomic E-state index is 4.83. The number of benzene rings is 1. The maximum atomic E-state index is 4.83. The molecule has 2 nitrogen and oxygen atoms in total. The molecule has 1 aliphatic rings. The first-order valence-electron chi connectivity index (χ1n) is 4.63. The van der Waals surface area contributed by atoms with E-state index < -0.39 is 0 Å². The van der Waals surface area contributed by atoms with Crippen molar-refractivity contribution in [2.75, 3.05) is 6.54 Å². The number of nitrogens with zero attached hydrogens (tertiary/aromatic N) is 1. The SMILES string of the molecule is C=C(OS)N1CCc2ccccc2C1. The van der Waals surface area contributed by atoms with Crippen molar-refractivity contribution < 1.29 is 4.18 Å². The highest BCUT2D eigenvalue weighted by atomic mass is 32.1. The summed E-state index contributed by atoms with van der Waals surface area (Å²) < 4.78 is 4.83. The molecule has 0 unspecified atom stereocenters. The van der Waals surface area contributed by atoms with Gasteiger partial charge in [-0.3, -0.25) is 0 Å². The Kier molecular flexibility index (Phi) is 2.68. The van der Waals surface area contributed by atoms with Crippen molar-refractivity contribution in [3.63, 3.8) is 0 Å². The zero-order valence-corrected chi connectivity index (χ0v) is 8.83. The second kappa shape index (κ2) is 3.96. The van der Waals surface area contributed by atoms with Crippen LogP contribution in [0.2, 0.25) is 0 Å². The van der Waals surface area contributed by atoms with Crippen LogP contribution in [0.4, 0.5) is 0 Å². The summed E-state index contributed by atoms with van der Waals surface area (Å²) in [5.74, 6) is 0.628. The van der Waals surface area contributed by atoms with Crippen molar-refractivity contribution in [1.82, 2.24) is 4.90 Å². The van der Waals surface area contributed by atoms with Crippen molar-refractivity contribution >= 4 is 12.9 Å². The Bertz CT molecular complexity index is 351. The standard InChI is InChI=1S/C11H13NOS/c1-9(13-14)12-7-6-10-4-2-3-5-11(10)8-12/h2-5,14H,1,6-8H2. The van der Waals surface area contributed by atoms with Crippen molar-refractivity contribution in [2.24, 2.45) is 0 Å². The maximum Gasteiger partial charge on any atom is 0.197 e. The minimum absolute atomic E-state index is 0.628. The first-order valence-corrected chi connectivity index (χ1v) is 5.00. The highest BCUT2D eigenvalue weighted by molar-refractivity contribution is 7.75.